The lowest BCUT2D eigenvalue weighted by Crippen LogP contribution is -2.23. The zero-order valence-corrected chi connectivity index (χ0v) is 15.7. The van der Waals surface area contributed by atoms with Gasteiger partial charge in [0.05, 0.1) is 12.2 Å². The number of carboxylic acid groups (broad SMARTS) is 1. The lowest BCUT2D eigenvalue weighted by molar-refractivity contribution is -0.137. The molecule has 1 aromatic rings. The standard InChI is InChI=1S/C22H28O6/c23-18(17-28-19-12-7-5-8-13-19)11-6-3-1-2-4-9-14-20(24)21(25)15-10-16-22(26)27/h1-9,11-14,18,20-21,23-25H,10,15-17H2,(H,26,27)/b3-1-,4-2+,11-6+,14-9+/t18?,20-,21+/m1/s1. The van der Waals surface area contributed by atoms with Gasteiger partial charge in [0, 0.05) is 6.42 Å². The van der Waals surface area contributed by atoms with E-state index in [2.05, 4.69) is 0 Å². The van der Waals surface area contributed by atoms with E-state index in [0.29, 0.717) is 12.2 Å². The van der Waals surface area contributed by atoms with Gasteiger partial charge < -0.3 is 25.2 Å². The van der Waals surface area contributed by atoms with Gasteiger partial charge in [-0.1, -0.05) is 66.8 Å². The van der Waals surface area contributed by atoms with Crippen LogP contribution < -0.4 is 4.74 Å². The molecule has 4 N–H and O–H groups in total. The van der Waals surface area contributed by atoms with Gasteiger partial charge in [0.1, 0.15) is 18.5 Å². The van der Waals surface area contributed by atoms with Crippen LogP contribution in [-0.2, 0) is 4.79 Å². The van der Waals surface area contributed by atoms with Crippen LogP contribution in [0.4, 0.5) is 0 Å². The Morgan fingerprint density at radius 3 is 2.18 bits per heavy atom. The van der Waals surface area contributed by atoms with Crippen LogP contribution in [0.1, 0.15) is 19.3 Å². The molecule has 0 radical (unpaired) electrons. The second-order valence-corrected chi connectivity index (χ2v) is 6.07. The number of benzene rings is 1. The number of para-hydroxylation sites is 1. The van der Waals surface area contributed by atoms with Gasteiger partial charge in [-0.3, -0.25) is 4.79 Å². The van der Waals surface area contributed by atoms with Crippen LogP contribution in [0.25, 0.3) is 0 Å². The van der Waals surface area contributed by atoms with Gasteiger partial charge in [0.2, 0.25) is 0 Å². The van der Waals surface area contributed by atoms with Crippen LogP contribution in [0.2, 0.25) is 0 Å². The SMILES string of the molecule is O=C(O)CCC[C@H](O)[C@H](O)/C=C/C=C/C=C\C=C\C(O)COc1ccccc1. The van der Waals surface area contributed by atoms with Gasteiger partial charge in [0.15, 0.2) is 0 Å². The minimum atomic E-state index is -1.04. The average Bonchev–Trinajstić information content (AvgIpc) is 2.68. The molecule has 1 unspecified atom stereocenters. The summed E-state index contributed by atoms with van der Waals surface area (Å²) < 4.78 is 5.43. The Balaban J connectivity index is 2.22. The molecule has 0 aromatic heterocycles. The number of aliphatic hydroxyl groups is 3. The molecule has 0 saturated heterocycles. The first-order chi connectivity index (χ1) is 13.5. The number of hydrogen-bond donors (Lipinski definition) is 4. The van der Waals surface area contributed by atoms with E-state index in [1.165, 1.54) is 6.08 Å². The third-order valence-corrected chi connectivity index (χ3v) is 3.65. The Morgan fingerprint density at radius 2 is 1.54 bits per heavy atom. The van der Waals surface area contributed by atoms with Gasteiger partial charge >= 0.3 is 5.97 Å². The number of aliphatic hydroxyl groups excluding tert-OH is 3. The number of aliphatic carboxylic acids is 1. The molecule has 0 heterocycles. The molecular formula is C22H28O6. The Kier molecular flexibility index (Phi) is 12.0. The molecular weight excluding hydrogens is 360 g/mol. The lowest BCUT2D eigenvalue weighted by Gasteiger charge is -2.13. The molecule has 6 heteroatoms. The van der Waals surface area contributed by atoms with E-state index < -0.39 is 24.3 Å². The molecule has 1 rings (SSSR count). The van der Waals surface area contributed by atoms with Crippen molar-refractivity contribution in [2.45, 2.75) is 37.6 Å². The summed E-state index contributed by atoms with van der Waals surface area (Å²) in [6.07, 6.45) is 11.0. The molecule has 0 amide bonds. The van der Waals surface area contributed by atoms with E-state index in [1.807, 2.05) is 30.3 Å². The molecule has 0 aliphatic carbocycles. The fraction of sp³-hybridized carbons (Fsp3) is 0.318. The van der Waals surface area contributed by atoms with Gasteiger partial charge in [-0.05, 0) is 25.0 Å². The lowest BCUT2D eigenvalue weighted by atomic mass is 10.1. The Hall–Kier alpha value is -2.67. The minimum absolute atomic E-state index is 0.0290. The smallest absolute Gasteiger partial charge is 0.303 e. The normalized spacial score (nSPS) is 15.5. The maximum Gasteiger partial charge on any atom is 0.303 e. The molecule has 0 aliphatic heterocycles. The van der Waals surface area contributed by atoms with Crippen LogP contribution in [0, 0.1) is 0 Å². The highest BCUT2D eigenvalue weighted by atomic mass is 16.5. The Labute approximate surface area is 165 Å². The highest BCUT2D eigenvalue weighted by Gasteiger charge is 2.12. The van der Waals surface area contributed by atoms with Crippen molar-refractivity contribution < 1.29 is 30.0 Å². The quantitative estimate of drug-likeness (QED) is 0.387. The minimum Gasteiger partial charge on any atom is -0.491 e. The molecule has 0 saturated carbocycles. The molecule has 1 aromatic carbocycles. The van der Waals surface area contributed by atoms with E-state index in [9.17, 15) is 20.1 Å². The monoisotopic (exact) mass is 388 g/mol. The van der Waals surface area contributed by atoms with E-state index in [0.717, 1.165) is 0 Å². The number of carbonyl (C=O) groups is 1. The van der Waals surface area contributed by atoms with E-state index >= 15 is 0 Å². The predicted molar refractivity (Wildman–Crippen MR) is 108 cm³/mol. The summed E-state index contributed by atoms with van der Waals surface area (Å²) in [6, 6.07) is 9.25. The van der Waals surface area contributed by atoms with Crippen molar-refractivity contribution in [1.29, 1.82) is 0 Å². The van der Waals surface area contributed by atoms with Crippen LogP contribution in [-0.4, -0.2) is 51.3 Å². The van der Waals surface area contributed by atoms with Crippen molar-refractivity contribution in [3.63, 3.8) is 0 Å². The van der Waals surface area contributed by atoms with Crippen molar-refractivity contribution in [3.8, 4) is 5.75 Å². The van der Waals surface area contributed by atoms with Gasteiger partial charge in [-0.25, -0.2) is 0 Å². The molecule has 0 bridgehead atoms. The molecule has 152 valence electrons. The Bertz CT molecular complexity index is 663. The third kappa shape index (κ3) is 11.9. The molecule has 3 atom stereocenters. The van der Waals surface area contributed by atoms with Crippen LogP contribution in [0.5, 0.6) is 5.75 Å². The van der Waals surface area contributed by atoms with Crippen molar-refractivity contribution in [1.82, 2.24) is 0 Å². The van der Waals surface area contributed by atoms with Crippen molar-refractivity contribution in [3.05, 3.63) is 78.9 Å². The second kappa shape index (κ2) is 14.4. The third-order valence-electron chi connectivity index (χ3n) is 3.65. The molecule has 0 fully saturated rings. The maximum atomic E-state index is 10.4. The zero-order chi connectivity index (χ0) is 20.6. The summed E-state index contributed by atoms with van der Waals surface area (Å²) in [6.45, 7) is 0.166. The van der Waals surface area contributed by atoms with Crippen molar-refractivity contribution in [2.75, 3.05) is 6.61 Å². The summed E-state index contributed by atoms with van der Waals surface area (Å²) in [5, 5.41) is 37.8. The summed E-state index contributed by atoms with van der Waals surface area (Å²) in [7, 11) is 0. The van der Waals surface area contributed by atoms with Crippen LogP contribution >= 0.6 is 0 Å². The molecule has 0 aliphatic rings. The molecule has 6 nitrogen and oxygen atoms in total. The molecule has 28 heavy (non-hydrogen) atoms. The fourth-order valence-corrected chi connectivity index (χ4v) is 2.14. The second-order valence-electron chi connectivity index (χ2n) is 6.07. The van der Waals surface area contributed by atoms with Crippen LogP contribution in [0.15, 0.2) is 78.9 Å². The summed E-state index contributed by atoms with van der Waals surface area (Å²) in [4.78, 5) is 10.4. The maximum absolute atomic E-state index is 10.4. The van der Waals surface area contributed by atoms with Gasteiger partial charge in [-0.2, -0.15) is 0 Å². The number of ether oxygens (including phenoxy) is 1. The molecule has 0 spiro atoms. The van der Waals surface area contributed by atoms with E-state index in [4.69, 9.17) is 9.84 Å². The summed E-state index contributed by atoms with van der Waals surface area (Å²) in [5.74, 6) is -0.216. The summed E-state index contributed by atoms with van der Waals surface area (Å²) >= 11 is 0. The van der Waals surface area contributed by atoms with Gasteiger partial charge in [-0.15, -0.1) is 0 Å². The summed E-state index contributed by atoms with van der Waals surface area (Å²) in [5.41, 5.74) is 0. The largest absolute Gasteiger partial charge is 0.491 e. The predicted octanol–water partition coefficient (Wildman–Crippen LogP) is 2.63. The average molecular weight is 388 g/mol. The highest BCUT2D eigenvalue weighted by Crippen LogP contribution is 2.09. The number of rotatable bonds is 13. The van der Waals surface area contributed by atoms with E-state index in [1.54, 1.807) is 42.5 Å². The topological polar surface area (TPSA) is 107 Å². The number of carboxylic acids is 1. The first-order valence-electron chi connectivity index (χ1n) is 9.11. The van der Waals surface area contributed by atoms with Crippen LogP contribution in [0.3, 0.4) is 0 Å². The van der Waals surface area contributed by atoms with Gasteiger partial charge in [0.25, 0.3) is 0 Å². The number of allylic oxidation sites excluding steroid dienone is 6. The first-order valence-corrected chi connectivity index (χ1v) is 9.11. The Morgan fingerprint density at radius 1 is 0.929 bits per heavy atom. The first kappa shape index (κ1) is 23.4. The van der Waals surface area contributed by atoms with E-state index in [-0.39, 0.29) is 19.4 Å². The highest BCUT2D eigenvalue weighted by molar-refractivity contribution is 5.66. The van der Waals surface area contributed by atoms with Crippen molar-refractivity contribution >= 4 is 5.97 Å². The number of hydrogen-bond acceptors (Lipinski definition) is 5. The fourth-order valence-electron chi connectivity index (χ4n) is 2.14. The van der Waals surface area contributed by atoms with Crippen molar-refractivity contribution in [2.24, 2.45) is 0 Å². The zero-order valence-electron chi connectivity index (χ0n) is 15.7.